The minimum absolute atomic E-state index is 0. The molecule has 0 fully saturated rings. The van der Waals surface area contributed by atoms with Crippen molar-refractivity contribution in [2.45, 2.75) is 32.0 Å². The molecular weight excluding hydrogens is 499 g/mol. The molecule has 2 heterocycles. The number of pyridine rings is 2. The van der Waals surface area contributed by atoms with Gasteiger partial charge in [-0.05, 0) is 60.7 Å². The van der Waals surface area contributed by atoms with Crippen molar-refractivity contribution in [3.63, 3.8) is 0 Å². The van der Waals surface area contributed by atoms with Crippen LogP contribution in [0, 0.1) is 5.82 Å². The molecule has 0 saturated heterocycles. The summed E-state index contributed by atoms with van der Waals surface area (Å²) in [7, 11) is 0. The first kappa shape index (κ1) is 27.1. The van der Waals surface area contributed by atoms with E-state index in [4.69, 9.17) is 16.3 Å². The molecule has 0 atom stereocenters. The van der Waals surface area contributed by atoms with Gasteiger partial charge < -0.3 is 14.6 Å². The molecule has 4 rings (SSSR count). The molecule has 0 saturated carbocycles. The van der Waals surface area contributed by atoms with Crippen molar-refractivity contribution in [1.29, 1.82) is 0 Å². The maximum atomic E-state index is 14.2. The average Bonchev–Trinajstić information content (AvgIpc) is 3.28. The summed E-state index contributed by atoms with van der Waals surface area (Å²) in [5, 5.41) is 11.3. The quantitative estimate of drug-likeness (QED) is 0.373. The van der Waals surface area contributed by atoms with Crippen LogP contribution in [0.3, 0.4) is 0 Å². The number of carboxylic acid groups (broad SMARTS) is 1. The zero-order chi connectivity index (χ0) is 24.5. The van der Waals surface area contributed by atoms with Crippen molar-refractivity contribution >= 4 is 28.7 Å². The van der Waals surface area contributed by atoms with Crippen molar-refractivity contribution < 1.29 is 61.8 Å². The number of aromatic nitrogens is 2. The number of ether oxygens (including phenoxy) is 1. The summed E-state index contributed by atoms with van der Waals surface area (Å²) in [5.41, 5.74) is 0.248. The third-order valence-corrected chi connectivity index (χ3v) is 5.76. The molecule has 5 nitrogen and oxygen atoms in total. The molecule has 1 aliphatic rings. The normalized spacial score (nSPS) is 13.5. The molecule has 35 heavy (non-hydrogen) atoms. The molecular formula is C24H16ClF4N2NaO3. The molecule has 0 aliphatic heterocycles. The number of aromatic carboxylic acids is 1. The molecule has 0 amide bonds. The van der Waals surface area contributed by atoms with Gasteiger partial charge in [0.1, 0.15) is 12.4 Å². The fourth-order valence-corrected chi connectivity index (χ4v) is 4.01. The van der Waals surface area contributed by atoms with Crippen LogP contribution in [0.4, 0.5) is 17.6 Å². The first-order valence-electron chi connectivity index (χ1n) is 10.2. The fraction of sp³-hybridized carbons (Fsp3) is 0.208. The number of hydrogen-bond acceptors (Lipinski definition) is 5. The van der Waals surface area contributed by atoms with Crippen molar-refractivity contribution in [1.82, 2.24) is 9.97 Å². The number of carbonyl (C=O) groups excluding carboxylic acids is 1. The van der Waals surface area contributed by atoms with E-state index in [2.05, 4.69) is 9.97 Å². The Morgan fingerprint density at radius 2 is 1.83 bits per heavy atom. The molecule has 0 bridgehead atoms. The van der Waals surface area contributed by atoms with Gasteiger partial charge >= 0.3 is 35.7 Å². The van der Waals surface area contributed by atoms with Crippen LogP contribution in [0.25, 0.3) is 11.1 Å². The van der Waals surface area contributed by atoms with Gasteiger partial charge in [0, 0.05) is 17.3 Å². The molecule has 0 spiro atoms. The van der Waals surface area contributed by atoms with E-state index in [1.165, 1.54) is 30.3 Å². The number of hydrogen-bond donors (Lipinski definition) is 0. The second-order valence-corrected chi connectivity index (χ2v) is 7.98. The Morgan fingerprint density at radius 1 is 1.11 bits per heavy atom. The molecule has 3 aromatic rings. The minimum atomic E-state index is -4.65. The van der Waals surface area contributed by atoms with E-state index in [9.17, 15) is 27.5 Å². The van der Waals surface area contributed by atoms with E-state index in [1.54, 1.807) is 6.07 Å². The Morgan fingerprint density at radius 3 is 2.51 bits per heavy atom. The van der Waals surface area contributed by atoms with Gasteiger partial charge in [-0.15, -0.1) is 0 Å². The molecule has 2 aromatic heterocycles. The fourth-order valence-electron chi connectivity index (χ4n) is 3.79. The average molecular weight is 515 g/mol. The van der Waals surface area contributed by atoms with Gasteiger partial charge in [0.15, 0.2) is 0 Å². The number of alkyl halides is 3. The summed E-state index contributed by atoms with van der Waals surface area (Å²) < 4.78 is 60.2. The first-order valence-corrected chi connectivity index (χ1v) is 10.6. The molecule has 1 aromatic carbocycles. The molecule has 1 aliphatic carbocycles. The molecule has 11 heteroatoms. The number of benzene rings is 1. The second-order valence-electron chi connectivity index (χ2n) is 7.57. The van der Waals surface area contributed by atoms with Gasteiger partial charge in [-0.1, -0.05) is 23.7 Å². The summed E-state index contributed by atoms with van der Waals surface area (Å²) >= 11 is 6.03. The number of rotatable bonds is 6. The topological polar surface area (TPSA) is 75.1 Å². The van der Waals surface area contributed by atoms with E-state index >= 15 is 0 Å². The van der Waals surface area contributed by atoms with Crippen LogP contribution in [-0.2, 0) is 12.8 Å². The standard InChI is InChI=1S/C24H17ClF4N2O3.Na/c25-18-6-2-7-19(26)17(18)12-34-22-16(10-13(11-30-22)24(27,28)29)14-4-1-5-15(14)20-8-3-9-21(31-20)23(32)33;/h2-3,6-11H,1,4-5,12H2,(H,32,33);/q;+1/p-1. The second kappa shape index (κ2) is 11.1. The van der Waals surface area contributed by atoms with Crippen LogP contribution < -0.4 is 39.4 Å². The molecule has 0 N–H and O–H groups in total. The van der Waals surface area contributed by atoms with Gasteiger partial charge in [-0.25, -0.2) is 14.4 Å². The van der Waals surface area contributed by atoms with Crippen LogP contribution in [0.2, 0.25) is 5.02 Å². The summed E-state index contributed by atoms with van der Waals surface area (Å²) in [6.07, 6.45) is -2.54. The zero-order valence-corrected chi connectivity index (χ0v) is 21.2. The minimum Gasteiger partial charge on any atom is -0.543 e. The molecule has 0 radical (unpaired) electrons. The van der Waals surface area contributed by atoms with Crippen molar-refractivity contribution in [3.05, 3.63) is 87.6 Å². The van der Waals surface area contributed by atoms with E-state index in [1.807, 2.05) is 0 Å². The van der Waals surface area contributed by atoms with Gasteiger partial charge in [0.05, 0.1) is 27.9 Å². The van der Waals surface area contributed by atoms with Crippen LogP contribution in [0.5, 0.6) is 5.88 Å². The van der Waals surface area contributed by atoms with E-state index < -0.39 is 23.5 Å². The van der Waals surface area contributed by atoms with Crippen LogP contribution in [-0.4, -0.2) is 15.9 Å². The largest absolute Gasteiger partial charge is 1.00 e. The predicted octanol–water partition coefficient (Wildman–Crippen LogP) is 2.33. The number of carboxylic acids is 1. The number of nitrogens with zero attached hydrogens (tertiary/aromatic N) is 2. The first-order chi connectivity index (χ1) is 16.1. The maximum Gasteiger partial charge on any atom is 1.00 e. The van der Waals surface area contributed by atoms with Crippen LogP contribution >= 0.6 is 11.6 Å². The van der Waals surface area contributed by atoms with E-state index in [0.717, 1.165) is 6.07 Å². The summed E-state index contributed by atoms with van der Waals surface area (Å²) in [5.74, 6) is -2.21. The molecule has 0 unspecified atom stereocenters. The van der Waals surface area contributed by atoms with Crippen molar-refractivity contribution in [2.24, 2.45) is 0 Å². The van der Waals surface area contributed by atoms with Crippen LogP contribution in [0.15, 0.2) is 48.7 Å². The summed E-state index contributed by atoms with van der Waals surface area (Å²) in [6, 6.07) is 9.34. The smallest absolute Gasteiger partial charge is 0.543 e. The third kappa shape index (κ3) is 6.03. The third-order valence-electron chi connectivity index (χ3n) is 5.40. The Hall–Kier alpha value is -2.46. The van der Waals surface area contributed by atoms with Crippen molar-refractivity contribution in [2.75, 3.05) is 0 Å². The van der Waals surface area contributed by atoms with Gasteiger partial charge in [0.25, 0.3) is 0 Å². The number of carbonyl (C=O) groups is 1. The Balaban J connectivity index is 0.00000342. The Labute approximate surface area is 225 Å². The zero-order valence-electron chi connectivity index (χ0n) is 18.5. The molecule has 176 valence electrons. The summed E-state index contributed by atoms with van der Waals surface area (Å²) in [4.78, 5) is 19.2. The van der Waals surface area contributed by atoms with Gasteiger partial charge in [-0.3, -0.25) is 0 Å². The van der Waals surface area contributed by atoms with Crippen LogP contribution in [0.1, 0.15) is 52.1 Å². The van der Waals surface area contributed by atoms with E-state index in [0.29, 0.717) is 42.3 Å². The van der Waals surface area contributed by atoms with E-state index in [-0.39, 0.29) is 63.9 Å². The number of allylic oxidation sites excluding steroid dienone is 2. The Kier molecular flexibility index (Phi) is 8.58. The monoisotopic (exact) mass is 514 g/mol. The SMILES string of the molecule is O=C([O-])c1cccc(C2=C(c3cc(C(F)(F)F)cnc3OCc3c(F)cccc3Cl)CCC2)n1.[Na+]. The summed E-state index contributed by atoms with van der Waals surface area (Å²) in [6.45, 7) is -0.349. The van der Waals surface area contributed by atoms with Gasteiger partial charge in [0.2, 0.25) is 5.88 Å². The predicted molar refractivity (Wildman–Crippen MR) is 114 cm³/mol. The van der Waals surface area contributed by atoms with Crippen molar-refractivity contribution in [3.8, 4) is 5.88 Å². The van der Waals surface area contributed by atoms with Gasteiger partial charge in [-0.2, -0.15) is 13.2 Å². The Bertz CT molecular complexity index is 1280. The maximum absolute atomic E-state index is 14.2. The number of halogens is 5.